The van der Waals surface area contributed by atoms with Gasteiger partial charge in [-0.05, 0) is 37.9 Å². The maximum Gasteiger partial charge on any atom is 0.186 e. The zero-order valence-corrected chi connectivity index (χ0v) is 10.1. The molecule has 0 bridgehead atoms. The van der Waals surface area contributed by atoms with Crippen LogP contribution in [-0.4, -0.2) is 30.3 Å². The van der Waals surface area contributed by atoms with Gasteiger partial charge in [0.15, 0.2) is 5.78 Å². The van der Waals surface area contributed by atoms with Crippen LogP contribution in [0, 0.1) is 12.8 Å². The summed E-state index contributed by atoms with van der Waals surface area (Å²) in [6, 6.07) is 3.96. The Morgan fingerprint density at radius 3 is 2.93 bits per heavy atom. The number of carbonyl (C=O) groups is 1. The molecule has 2 heterocycles. The molecule has 1 aliphatic heterocycles. The Morgan fingerprint density at radius 2 is 2.40 bits per heavy atom. The lowest BCUT2D eigenvalue weighted by molar-refractivity contribution is 0.0948. The second kappa shape index (κ2) is 4.45. The lowest BCUT2D eigenvalue weighted by atomic mass is 10.2. The van der Waals surface area contributed by atoms with Crippen LogP contribution < -0.4 is 0 Å². The minimum absolute atomic E-state index is 0.280. The van der Waals surface area contributed by atoms with Gasteiger partial charge in [0.05, 0.1) is 11.4 Å². The number of carbonyl (C=O) groups excluding carboxylic acids is 1. The van der Waals surface area contributed by atoms with E-state index in [9.17, 15) is 4.79 Å². The molecule has 0 amide bonds. The van der Waals surface area contributed by atoms with Gasteiger partial charge in [0, 0.05) is 11.4 Å². The fraction of sp³-hybridized carbons (Fsp3) is 0.583. The fourth-order valence-electron chi connectivity index (χ4n) is 2.04. The van der Waals surface area contributed by atoms with Crippen molar-refractivity contribution >= 4 is 17.1 Å². The highest BCUT2D eigenvalue weighted by molar-refractivity contribution is 7.14. The average Bonchev–Trinajstić information content (AvgIpc) is 2.75. The van der Waals surface area contributed by atoms with Gasteiger partial charge in [-0.25, -0.2) is 0 Å². The highest BCUT2D eigenvalue weighted by atomic mass is 32.1. The molecule has 0 saturated carbocycles. The molecule has 0 N–H and O–H groups in total. The zero-order chi connectivity index (χ0) is 10.8. The monoisotopic (exact) mass is 223 g/mol. The van der Waals surface area contributed by atoms with Crippen LogP contribution in [0.15, 0.2) is 12.1 Å². The Bertz CT molecular complexity index is 358. The van der Waals surface area contributed by atoms with Crippen molar-refractivity contribution in [2.45, 2.75) is 20.3 Å². The first-order valence-corrected chi connectivity index (χ1v) is 6.29. The summed E-state index contributed by atoms with van der Waals surface area (Å²) in [6.07, 6.45) is 1.23. The molecule has 0 spiro atoms. The molecule has 1 aromatic rings. The van der Waals surface area contributed by atoms with Crippen LogP contribution in [0.3, 0.4) is 0 Å². The largest absolute Gasteiger partial charge is 0.296 e. The number of likely N-dealkylation sites (tertiary alicyclic amines) is 1. The Kier molecular flexibility index (Phi) is 3.22. The van der Waals surface area contributed by atoms with Gasteiger partial charge in [0.25, 0.3) is 0 Å². The topological polar surface area (TPSA) is 20.3 Å². The predicted molar refractivity (Wildman–Crippen MR) is 63.6 cm³/mol. The van der Waals surface area contributed by atoms with Crippen LogP contribution in [0.2, 0.25) is 0 Å². The maximum atomic E-state index is 11.9. The summed E-state index contributed by atoms with van der Waals surface area (Å²) in [6.45, 7) is 7.05. The molecule has 1 fully saturated rings. The molecule has 0 aromatic carbocycles. The molecule has 2 nitrogen and oxygen atoms in total. The van der Waals surface area contributed by atoms with Crippen molar-refractivity contribution < 1.29 is 4.79 Å². The normalized spacial score (nSPS) is 22.1. The van der Waals surface area contributed by atoms with Crippen molar-refractivity contribution in [2.24, 2.45) is 5.92 Å². The van der Waals surface area contributed by atoms with Crippen molar-refractivity contribution in [3.05, 3.63) is 21.9 Å². The number of rotatable bonds is 3. The molecule has 82 valence electrons. The number of hydrogen-bond acceptors (Lipinski definition) is 3. The minimum Gasteiger partial charge on any atom is -0.296 e. The van der Waals surface area contributed by atoms with E-state index in [0.29, 0.717) is 6.54 Å². The van der Waals surface area contributed by atoms with E-state index in [2.05, 4.69) is 11.8 Å². The molecule has 0 aliphatic carbocycles. The Morgan fingerprint density at radius 1 is 1.60 bits per heavy atom. The summed E-state index contributed by atoms with van der Waals surface area (Å²) in [5, 5.41) is 0. The van der Waals surface area contributed by atoms with Gasteiger partial charge in [-0.1, -0.05) is 6.92 Å². The smallest absolute Gasteiger partial charge is 0.186 e. The van der Waals surface area contributed by atoms with Gasteiger partial charge in [-0.3, -0.25) is 9.69 Å². The van der Waals surface area contributed by atoms with Crippen molar-refractivity contribution in [1.29, 1.82) is 0 Å². The molecule has 3 heteroatoms. The first kappa shape index (κ1) is 10.8. The van der Waals surface area contributed by atoms with E-state index in [4.69, 9.17) is 0 Å². The third-order valence-corrected chi connectivity index (χ3v) is 3.93. The molecule has 1 unspecified atom stereocenters. The summed E-state index contributed by atoms with van der Waals surface area (Å²) < 4.78 is 0. The maximum absolute atomic E-state index is 11.9. The van der Waals surface area contributed by atoms with Crippen LogP contribution in [0.1, 0.15) is 27.9 Å². The molecular formula is C12H17NOS. The quantitative estimate of drug-likeness (QED) is 0.734. The third kappa shape index (κ3) is 2.67. The average molecular weight is 223 g/mol. The molecular weight excluding hydrogens is 206 g/mol. The highest BCUT2D eigenvalue weighted by Gasteiger charge is 2.21. The second-order valence-electron chi connectivity index (χ2n) is 4.46. The Hall–Kier alpha value is -0.670. The molecule has 2 rings (SSSR count). The molecule has 1 atom stereocenters. The van der Waals surface area contributed by atoms with Crippen LogP contribution in [0.25, 0.3) is 0 Å². The number of aryl methyl sites for hydroxylation is 1. The number of nitrogens with zero attached hydrogens (tertiary/aromatic N) is 1. The summed E-state index contributed by atoms with van der Waals surface area (Å²) >= 11 is 1.60. The lowest BCUT2D eigenvalue weighted by Crippen LogP contribution is -2.27. The van der Waals surface area contributed by atoms with E-state index in [1.54, 1.807) is 11.3 Å². The fourth-order valence-corrected chi connectivity index (χ4v) is 2.83. The lowest BCUT2D eigenvalue weighted by Gasteiger charge is -2.12. The van der Waals surface area contributed by atoms with E-state index in [0.717, 1.165) is 23.9 Å². The van der Waals surface area contributed by atoms with Gasteiger partial charge < -0.3 is 0 Å². The minimum atomic E-state index is 0.280. The number of Topliss-reactive ketones (excluding diaryl/α,β-unsaturated/α-hetero) is 1. The summed E-state index contributed by atoms with van der Waals surface area (Å²) in [5.74, 6) is 1.03. The Balaban J connectivity index is 1.92. The Labute approximate surface area is 94.9 Å². The van der Waals surface area contributed by atoms with Gasteiger partial charge in [0.2, 0.25) is 0 Å². The molecule has 0 radical (unpaired) electrons. The van der Waals surface area contributed by atoms with Crippen molar-refractivity contribution in [2.75, 3.05) is 19.6 Å². The van der Waals surface area contributed by atoms with Gasteiger partial charge >= 0.3 is 0 Å². The summed E-state index contributed by atoms with van der Waals surface area (Å²) in [7, 11) is 0. The van der Waals surface area contributed by atoms with Gasteiger partial charge in [-0.15, -0.1) is 11.3 Å². The van der Waals surface area contributed by atoms with E-state index in [1.165, 1.54) is 11.3 Å². The van der Waals surface area contributed by atoms with E-state index in [1.807, 2.05) is 19.1 Å². The SMILES string of the molecule is Cc1ccc(C(=O)CN2CCC(C)C2)s1. The number of ketones is 1. The predicted octanol–water partition coefficient (Wildman–Crippen LogP) is 2.58. The van der Waals surface area contributed by atoms with Crippen LogP contribution >= 0.6 is 11.3 Å². The standard InChI is InChI=1S/C12H17NOS/c1-9-5-6-13(7-9)8-11(14)12-4-3-10(2)15-12/h3-4,9H,5-8H2,1-2H3. The highest BCUT2D eigenvalue weighted by Crippen LogP contribution is 2.19. The van der Waals surface area contributed by atoms with Gasteiger partial charge in [0.1, 0.15) is 0 Å². The zero-order valence-electron chi connectivity index (χ0n) is 9.32. The van der Waals surface area contributed by atoms with E-state index >= 15 is 0 Å². The molecule has 1 aliphatic rings. The van der Waals surface area contributed by atoms with Crippen LogP contribution in [0.5, 0.6) is 0 Å². The van der Waals surface area contributed by atoms with Crippen molar-refractivity contribution in [3.63, 3.8) is 0 Å². The first-order valence-electron chi connectivity index (χ1n) is 5.47. The van der Waals surface area contributed by atoms with Crippen molar-refractivity contribution in [3.8, 4) is 0 Å². The third-order valence-electron chi connectivity index (χ3n) is 2.89. The van der Waals surface area contributed by atoms with E-state index < -0.39 is 0 Å². The van der Waals surface area contributed by atoms with E-state index in [-0.39, 0.29) is 5.78 Å². The molecule has 1 saturated heterocycles. The number of thiophene rings is 1. The van der Waals surface area contributed by atoms with Crippen LogP contribution in [0.4, 0.5) is 0 Å². The summed E-state index contributed by atoms with van der Waals surface area (Å²) in [4.78, 5) is 16.3. The first-order chi connectivity index (χ1) is 7.15. The van der Waals surface area contributed by atoms with Crippen LogP contribution in [-0.2, 0) is 0 Å². The summed E-state index contributed by atoms with van der Waals surface area (Å²) in [5.41, 5.74) is 0. The molecule has 1 aromatic heterocycles. The molecule has 15 heavy (non-hydrogen) atoms. The number of hydrogen-bond donors (Lipinski definition) is 0. The second-order valence-corrected chi connectivity index (χ2v) is 5.75. The van der Waals surface area contributed by atoms with Gasteiger partial charge in [-0.2, -0.15) is 0 Å². The van der Waals surface area contributed by atoms with Crippen molar-refractivity contribution in [1.82, 2.24) is 4.90 Å².